The molecule has 0 spiro atoms. The molecule has 0 radical (unpaired) electrons. The minimum atomic E-state index is -3.39. The van der Waals surface area contributed by atoms with E-state index >= 15 is 0 Å². The van der Waals surface area contributed by atoms with Crippen LogP contribution in [0.2, 0.25) is 0 Å². The summed E-state index contributed by atoms with van der Waals surface area (Å²) in [5, 5.41) is 0. The zero-order chi connectivity index (χ0) is 16.2. The Balaban J connectivity index is 3.16. The van der Waals surface area contributed by atoms with Crippen LogP contribution in [0.15, 0.2) is 0 Å². The van der Waals surface area contributed by atoms with Gasteiger partial charge in [0.1, 0.15) is 0 Å². The number of rotatable bonds is 14. The molecule has 0 aromatic carbocycles. The summed E-state index contributed by atoms with van der Waals surface area (Å²) in [7, 11) is -6.78. The quantitative estimate of drug-likeness (QED) is 0.322. The molecule has 0 bridgehead atoms. The van der Waals surface area contributed by atoms with Crippen molar-refractivity contribution in [2.24, 2.45) is 0 Å². The van der Waals surface area contributed by atoms with Crippen LogP contribution in [-0.4, -0.2) is 69.0 Å². The molecule has 0 heterocycles. The van der Waals surface area contributed by atoms with E-state index in [0.29, 0.717) is 13.2 Å². The molecular weight excluding hydrogens is 324 g/mol. The van der Waals surface area contributed by atoms with Crippen LogP contribution in [0.3, 0.4) is 0 Å². The summed E-state index contributed by atoms with van der Waals surface area (Å²) < 4.78 is 61.9. The first-order valence-corrected chi connectivity index (χ1v) is 10.2. The number of unbranched alkanes of at least 4 members (excludes halogenated alkanes) is 2. The van der Waals surface area contributed by atoms with Crippen LogP contribution in [0.4, 0.5) is 0 Å². The molecule has 0 fully saturated rings. The van der Waals surface area contributed by atoms with Gasteiger partial charge in [-0.3, -0.25) is 8.37 Å². The molecule has 0 amide bonds. The fraction of sp³-hybridized carbons (Fsp3) is 1.00. The van der Waals surface area contributed by atoms with Crippen LogP contribution >= 0.6 is 0 Å². The third kappa shape index (κ3) is 19.7. The Morgan fingerprint density at radius 3 is 1.29 bits per heavy atom. The lowest BCUT2D eigenvalue weighted by Crippen LogP contribution is -2.10. The summed E-state index contributed by atoms with van der Waals surface area (Å²) in [6.07, 6.45) is 4.56. The molecular formula is C11H24O8S2. The molecule has 0 saturated carbocycles. The number of hydrogen-bond acceptors (Lipinski definition) is 8. The van der Waals surface area contributed by atoms with Gasteiger partial charge >= 0.3 is 0 Å². The largest absolute Gasteiger partial charge is 0.379 e. The van der Waals surface area contributed by atoms with Crippen molar-refractivity contribution in [3.8, 4) is 0 Å². The van der Waals surface area contributed by atoms with Crippen LogP contribution in [-0.2, 0) is 38.1 Å². The lowest BCUT2D eigenvalue weighted by Gasteiger charge is -2.05. The van der Waals surface area contributed by atoms with Crippen molar-refractivity contribution in [2.45, 2.75) is 19.3 Å². The summed E-state index contributed by atoms with van der Waals surface area (Å²) in [5.74, 6) is 0. The highest BCUT2D eigenvalue weighted by atomic mass is 32.2. The molecule has 0 rings (SSSR count). The summed E-state index contributed by atoms with van der Waals surface area (Å²) in [6.45, 7) is 1.61. The smallest absolute Gasteiger partial charge is 0.264 e. The van der Waals surface area contributed by atoms with Gasteiger partial charge in [0.05, 0.1) is 38.9 Å². The molecule has 0 aromatic heterocycles. The summed E-state index contributed by atoms with van der Waals surface area (Å²) in [6, 6.07) is 0. The van der Waals surface area contributed by atoms with Crippen LogP contribution in [0, 0.1) is 0 Å². The highest BCUT2D eigenvalue weighted by Crippen LogP contribution is 1.97. The van der Waals surface area contributed by atoms with Crippen molar-refractivity contribution in [2.75, 3.05) is 52.2 Å². The minimum Gasteiger partial charge on any atom is -0.379 e. The molecule has 0 aromatic rings. The van der Waals surface area contributed by atoms with E-state index in [9.17, 15) is 16.8 Å². The summed E-state index contributed by atoms with van der Waals surface area (Å²) in [4.78, 5) is 0. The summed E-state index contributed by atoms with van der Waals surface area (Å²) in [5.41, 5.74) is 0. The molecule has 21 heavy (non-hydrogen) atoms. The van der Waals surface area contributed by atoms with Crippen molar-refractivity contribution >= 4 is 20.2 Å². The Morgan fingerprint density at radius 2 is 0.952 bits per heavy atom. The van der Waals surface area contributed by atoms with E-state index in [2.05, 4.69) is 8.37 Å². The fourth-order valence-electron chi connectivity index (χ4n) is 1.28. The maximum atomic E-state index is 10.6. The molecule has 0 atom stereocenters. The van der Waals surface area contributed by atoms with Gasteiger partial charge in [0.15, 0.2) is 0 Å². The fourth-order valence-corrected chi connectivity index (χ4v) is 2.02. The molecule has 8 nitrogen and oxygen atoms in total. The normalized spacial score (nSPS) is 12.7. The first-order valence-electron chi connectivity index (χ1n) is 6.55. The first kappa shape index (κ1) is 20.7. The third-order valence-corrected chi connectivity index (χ3v) is 3.32. The Labute approximate surface area is 127 Å². The predicted octanol–water partition coefficient (Wildman–Crippen LogP) is 0.142. The second-order valence-corrected chi connectivity index (χ2v) is 7.63. The van der Waals surface area contributed by atoms with E-state index in [4.69, 9.17) is 9.47 Å². The molecule has 0 saturated heterocycles. The van der Waals surface area contributed by atoms with Gasteiger partial charge in [-0.05, 0) is 19.3 Å². The second-order valence-electron chi connectivity index (χ2n) is 4.34. The van der Waals surface area contributed by atoms with Gasteiger partial charge in [0.2, 0.25) is 0 Å². The zero-order valence-electron chi connectivity index (χ0n) is 12.4. The van der Waals surface area contributed by atoms with Gasteiger partial charge in [-0.2, -0.15) is 16.8 Å². The highest BCUT2D eigenvalue weighted by Gasteiger charge is 2.01. The van der Waals surface area contributed by atoms with Gasteiger partial charge in [0, 0.05) is 13.2 Å². The summed E-state index contributed by atoms with van der Waals surface area (Å²) >= 11 is 0. The van der Waals surface area contributed by atoms with E-state index in [-0.39, 0.29) is 26.4 Å². The number of ether oxygens (including phenoxy) is 2. The molecule has 128 valence electrons. The second kappa shape index (κ2) is 11.3. The van der Waals surface area contributed by atoms with E-state index < -0.39 is 20.2 Å². The minimum absolute atomic E-state index is 0.0300. The van der Waals surface area contributed by atoms with Gasteiger partial charge in [-0.15, -0.1) is 0 Å². The van der Waals surface area contributed by atoms with Crippen molar-refractivity contribution in [1.29, 1.82) is 0 Å². The molecule has 0 aliphatic carbocycles. The third-order valence-electron chi connectivity index (χ3n) is 2.13. The van der Waals surface area contributed by atoms with Crippen molar-refractivity contribution in [1.82, 2.24) is 0 Å². The molecule has 0 N–H and O–H groups in total. The van der Waals surface area contributed by atoms with Gasteiger partial charge < -0.3 is 9.47 Å². The van der Waals surface area contributed by atoms with Gasteiger partial charge in [-0.25, -0.2) is 0 Å². The van der Waals surface area contributed by atoms with Crippen LogP contribution < -0.4 is 0 Å². The van der Waals surface area contributed by atoms with Crippen LogP contribution in [0.5, 0.6) is 0 Å². The van der Waals surface area contributed by atoms with Crippen LogP contribution in [0.1, 0.15) is 19.3 Å². The lowest BCUT2D eigenvalue weighted by atomic mass is 10.2. The predicted molar refractivity (Wildman–Crippen MR) is 77.1 cm³/mol. The molecule has 0 unspecified atom stereocenters. The van der Waals surface area contributed by atoms with Crippen LogP contribution in [0.25, 0.3) is 0 Å². The monoisotopic (exact) mass is 348 g/mol. The maximum absolute atomic E-state index is 10.6. The lowest BCUT2D eigenvalue weighted by molar-refractivity contribution is 0.0874. The van der Waals surface area contributed by atoms with Crippen molar-refractivity contribution in [3.05, 3.63) is 0 Å². The zero-order valence-corrected chi connectivity index (χ0v) is 14.1. The Morgan fingerprint density at radius 1 is 0.571 bits per heavy atom. The average molecular weight is 348 g/mol. The maximum Gasteiger partial charge on any atom is 0.264 e. The van der Waals surface area contributed by atoms with E-state index in [1.165, 1.54) is 0 Å². The molecule has 10 heteroatoms. The Kier molecular flexibility index (Phi) is 11.2. The number of hydrogen-bond donors (Lipinski definition) is 0. The molecule has 0 aliphatic rings. The highest BCUT2D eigenvalue weighted by molar-refractivity contribution is 7.86. The molecule has 0 aliphatic heterocycles. The van der Waals surface area contributed by atoms with E-state index in [1.54, 1.807) is 0 Å². The first-order chi connectivity index (χ1) is 9.71. The average Bonchev–Trinajstić information content (AvgIpc) is 2.32. The SMILES string of the molecule is CS(=O)(=O)OCCOCCCCCOCCOS(C)(=O)=O. The van der Waals surface area contributed by atoms with Crippen molar-refractivity contribution in [3.63, 3.8) is 0 Å². The van der Waals surface area contributed by atoms with Gasteiger partial charge in [-0.1, -0.05) is 0 Å². The van der Waals surface area contributed by atoms with Gasteiger partial charge in [0.25, 0.3) is 20.2 Å². The van der Waals surface area contributed by atoms with Crippen molar-refractivity contribution < 1.29 is 34.7 Å². The van der Waals surface area contributed by atoms with E-state index in [1.807, 2.05) is 0 Å². The standard InChI is InChI=1S/C11H24O8S2/c1-20(12,13)18-10-8-16-6-4-3-5-7-17-9-11-19-21(2,14)15/h3-11H2,1-2H3. The Bertz CT molecular complexity index is 401. The topological polar surface area (TPSA) is 105 Å². The Hall–Kier alpha value is -0.260. The van der Waals surface area contributed by atoms with E-state index in [0.717, 1.165) is 31.8 Å².